The molecule has 4 heteroatoms. The highest BCUT2D eigenvalue weighted by atomic mass is 127. The predicted molar refractivity (Wildman–Crippen MR) is 68.1 cm³/mol. The maximum Gasteiger partial charge on any atom is 0.415 e. The molecule has 0 saturated heterocycles. The third-order valence-electron chi connectivity index (χ3n) is 2.06. The summed E-state index contributed by atoms with van der Waals surface area (Å²) in [5.74, 6) is 0.620. The van der Waals surface area contributed by atoms with Gasteiger partial charge in [-0.25, -0.2) is 4.79 Å². The first-order valence-corrected chi connectivity index (χ1v) is 5.98. The minimum Gasteiger partial charge on any atom is -0.409 e. The van der Waals surface area contributed by atoms with Gasteiger partial charge in [0.15, 0.2) is 0 Å². The van der Waals surface area contributed by atoms with Gasteiger partial charge in [-0.3, -0.25) is 0 Å². The molecule has 0 fully saturated rings. The molecule has 1 aromatic carbocycles. The van der Waals surface area contributed by atoms with Crippen LogP contribution in [0, 0.1) is 3.57 Å². The Morgan fingerprint density at radius 2 is 1.93 bits per heavy atom. The molecule has 0 aromatic heterocycles. The van der Waals surface area contributed by atoms with Crippen LogP contribution in [0.2, 0.25) is 0 Å². The minimum absolute atomic E-state index is 0.288. The van der Waals surface area contributed by atoms with Crippen LogP contribution in [0.1, 0.15) is 13.8 Å². The smallest absolute Gasteiger partial charge is 0.409 e. The average Bonchev–Trinajstić information content (AvgIpc) is 2.23. The van der Waals surface area contributed by atoms with Crippen molar-refractivity contribution in [3.05, 3.63) is 27.8 Å². The molecular weight excluding hydrogens is 305 g/mol. The van der Waals surface area contributed by atoms with Crippen molar-refractivity contribution in [2.75, 3.05) is 13.1 Å². The lowest BCUT2D eigenvalue weighted by Gasteiger charge is -2.18. The summed E-state index contributed by atoms with van der Waals surface area (Å²) in [6.45, 7) is 5.19. The van der Waals surface area contributed by atoms with Crippen LogP contribution in [0.25, 0.3) is 0 Å². The Morgan fingerprint density at radius 3 is 2.47 bits per heavy atom. The van der Waals surface area contributed by atoms with Crippen molar-refractivity contribution in [1.29, 1.82) is 0 Å². The van der Waals surface area contributed by atoms with Crippen LogP contribution in [0.3, 0.4) is 0 Å². The van der Waals surface area contributed by atoms with Gasteiger partial charge in [0.1, 0.15) is 5.75 Å². The number of ether oxygens (including phenoxy) is 1. The van der Waals surface area contributed by atoms with Crippen molar-refractivity contribution in [3.63, 3.8) is 0 Å². The molecule has 0 spiro atoms. The highest BCUT2D eigenvalue weighted by molar-refractivity contribution is 14.1. The largest absolute Gasteiger partial charge is 0.415 e. The molecule has 0 aliphatic heterocycles. The van der Waals surface area contributed by atoms with Gasteiger partial charge in [-0.15, -0.1) is 0 Å². The van der Waals surface area contributed by atoms with E-state index < -0.39 is 0 Å². The minimum atomic E-state index is -0.288. The SMILES string of the molecule is CCN(CC)C(=O)Oc1ccccc1I. The molecule has 1 aromatic rings. The number of carbonyl (C=O) groups excluding carboxylic acids is 1. The number of halogens is 1. The Bertz CT molecular complexity index is 337. The van der Waals surface area contributed by atoms with E-state index in [1.165, 1.54) is 0 Å². The molecule has 82 valence electrons. The number of nitrogens with zero attached hydrogens (tertiary/aromatic N) is 1. The number of benzene rings is 1. The van der Waals surface area contributed by atoms with E-state index in [1.54, 1.807) is 11.0 Å². The molecule has 1 rings (SSSR count). The summed E-state index contributed by atoms with van der Waals surface area (Å²) >= 11 is 2.15. The van der Waals surface area contributed by atoms with E-state index in [4.69, 9.17) is 4.74 Å². The first-order chi connectivity index (χ1) is 7.19. The van der Waals surface area contributed by atoms with Crippen LogP contribution in [0.5, 0.6) is 5.75 Å². The van der Waals surface area contributed by atoms with Crippen LogP contribution in [0.4, 0.5) is 4.79 Å². The zero-order valence-electron chi connectivity index (χ0n) is 8.87. The van der Waals surface area contributed by atoms with Gasteiger partial charge < -0.3 is 9.64 Å². The van der Waals surface area contributed by atoms with Gasteiger partial charge in [-0.05, 0) is 48.6 Å². The van der Waals surface area contributed by atoms with E-state index in [0.717, 1.165) is 3.57 Å². The third-order valence-corrected chi connectivity index (χ3v) is 2.95. The van der Waals surface area contributed by atoms with Crippen molar-refractivity contribution in [1.82, 2.24) is 4.90 Å². The van der Waals surface area contributed by atoms with Crippen LogP contribution >= 0.6 is 22.6 Å². The van der Waals surface area contributed by atoms with Crippen LogP contribution in [0.15, 0.2) is 24.3 Å². The fourth-order valence-corrected chi connectivity index (χ4v) is 1.67. The Hall–Kier alpha value is -0.780. The van der Waals surface area contributed by atoms with E-state index in [2.05, 4.69) is 22.6 Å². The number of rotatable bonds is 3. The summed E-state index contributed by atoms with van der Waals surface area (Å²) in [6, 6.07) is 7.47. The number of hydrogen-bond acceptors (Lipinski definition) is 2. The molecule has 0 aliphatic rings. The first-order valence-electron chi connectivity index (χ1n) is 4.90. The zero-order valence-corrected chi connectivity index (χ0v) is 11.0. The number of para-hydroxylation sites is 1. The molecule has 3 nitrogen and oxygen atoms in total. The number of amides is 1. The van der Waals surface area contributed by atoms with Gasteiger partial charge in [0.05, 0.1) is 3.57 Å². The molecule has 1 amide bonds. The van der Waals surface area contributed by atoms with E-state index in [-0.39, 0.29) is 6.09 Å². The summed E-state index contributed by atoms with van der Waals surface area (Å²) < 4.78 is 6.21. The second-order valence-electron chi connectivity index (χ2n) is 2.97. The molecule has 0 aliphatic carbocycles. The molecule has 0 saturated carbocycles. The van der Waals surface area contributed by atoms with Crippen molar-refractivity contribution in [3.8, 4) is 5.75 Å². The lowest BCUT2D eigenvalue weighted by molar-refractivity contribution is 0.157. The van der Waals surface area contributed by atoms with Crippen LogP contribution in [-0.4, -0.2) is 24.1 Å². The highest BCUT2D eigenvalue weighted by Crippen LogP contribution is 2.20. The summed E-state index contributed by atoms with van der Waals surface area (Å²) in [5, 5.41) is 0. The van der Waals surface area contributed by atoms with Gasteiger partial charge in [0.25, 0.3) is 0 Å². The molecule has 0 unspecified atom stereocenters. The Kier molecular flexibility index (Phi) is 4.87. The van der Waals surface area contributed by atoms with Gasteiger partial charge >= 0.3 is 6.09 Å². The lowest BCUT2D eigenvalue weighted by atomic mass is 10.3. The Morgan fingerprint density at radius 1 is 1.33 bits per heavy atom. The standard InChI is InChI=1S/C11H14INO2/c1-3-13(4-2)11(14)15-10-8-6-5-7-9(10)12/h5-8H,3-4H2,1-2H3. The number of hydrogen-bond donors (Lipinski definition) is 0. The normalized spacial score (nSPS) is 9.80. The lowest BCUT2D eigenvalue weighted by Crippen LogP contribution is -2.33. The van der Waals surface area contributed by atoms with Crippen LogP contribution < -0.4 is 4.74 Å². The second-order valence-corrected chi connectivity index (χ2v) is 4.13. The summed E-state index contributed by atoms with van der Waals surface area (Å²) in [4.78, 5) is 13.3. The molecule has 0 N–H and O–H groups in total. The summed E-state index contributed by atoms with van der Waals surface area (Å²) in [7, 11) is 0. The quantitative estimate of drug-likeness (QED) is 0.801. The third kappa shape index (κ3) is 3.37. The molecular formula is C11H14INO2. The molecule has 0 atom stereocenters. The summed E-state index contributed by atoms with van der Waals surface area (Å²) in [5.41, 5.74) is 0. The van der Waals surface area contributed by atoms with Gasteiger partial charge in [-0.1, -0.05) is 12.1 Å². The van der Waals surface area contributed by atoms with E-state index >= 15 is 0 Å². The zero-order chi connectivity index (χ0) is 11.3. The van der Waals surface area contributed by atoms with Crippen molar-refractivity contribution >= 4 is 28.7 Å². The Balaban J connectivity index is 2.70. The van der Waals surface area contributed by atoms with Gasteiger partial charge in [-0.2, -0.15) is 0 Å². The fourth-order valence-electron chi connectivity index (χ4n) is 1.17. The first kappa shape index (κ1) is 12.3. The monoisotopic (exact) mass is 319 g/mol. The molecule has 0 bridgehead atoms. The van der Waals surface area contributed by atoms with E-state index in [0.29, 0.717) is 18.8 Å². The molecule has 15 heavy (non-hydrogen) atoms. The van der Waals surface area contributed by atoms with Crippen molar-refractivity contribution < 1.29 is 9.53 Å². The van der Waals surface area contributed by atoms with E-state index in [9.17, 15) is 4.79 Å². The average molecular weight is 319 g/mol. The Labute approximate surface area is 104 Å². The van der Waals surface area contributed by atoms with E-state index in [1.807, 2.05) is 32.0 Å². The van der Waals surface area contributed by atoms with Crippen LogP contribution in [-0.2, 0) is 0 Å². The van der Waals surface area contributed by atoms with Crippen molar-refractivity contribution in [2.45, 2.75) is 13.8 Å². The van der Waals surface area contributed by atoms with Crippen molar-refractivity contribution in [2.24, 2.45) is 0 Å². The van der Waals surface area contributed by atoms with Gasteiger partial charge in [0, 0.05) is 13.1 Å². The number of carbonyl (C=O) groups is 1. The predicted octanol–water partition coefficient (Wildman–Crippen LogP) is 3.13. The second kappa shape index (κ2) is 5.95. The summed E-state index contributed by atoms with van der Waals surface area (Å²) in [6.07, 6.45) is -0.288. The fraction of sp³-hybridized carbons (Fsp3) is 0.364. The highest BCUT2D eigenvalue weighted by Gasteiger charge is 2.12. The molecule has 0 radical (unpaired) electrons. The maximum atomic E-state index is 11.6. The topological polar surface area (TPSA) is 29.5 Å². The molecule has 0 heterocycles. The van der Waals surface area contributed by atoms with Gasteiger partial charge in [0.2, 0.25) is 0 Å². The maximum absolute atomic E-state index is 11.6.